The summed E-state index contributed by atoms with van der Waals surface area (Å²) in [6.45, 7) is 2.52. The number of aliphatic hydroxyl groups excluding tert-OH is 7. The molecule has 0 aliphatic carbocycles. The van der Waals surface area contributed by atoms with Gasteiger partial charge in [0.05, 0.1) is 19.8 Å². The molecule has 330 valence electrons. The first-order valence-corrected chi connectivity index (χ1v) is 21.6. The van der Waals surface area contributed by atoms with E-state index in [4.69, 9.17) is 28.4 Å². The summed E-state index contributed by atoms with van der Waals surface area (Å²) in [6, 6.07) is 0. The number of unbranched alkanes of at least 4 members (excludes halogenated alkanes) is 18. The summed E-state index contributed by atoms with van der Waals surface area (Å²) >= 11 is 0. The van der Waals surface area contributed by atoms with Crippen molar-refractivity contribution in [2.75, 3.05) is 26.4 Å². The maximum absolute atomic E-state index is 12.8. The summed E-state index contributed by atoms with van der Waals surface area (Å²) in [4.78, 5) is 25.4. The minimum Gasteiger partial charge on any atom is -0.462 e. The van der Waals surface area contributed by atoms with Crippen LogP contribution in [0.25, 0.3) is 0 Å². The molecule has 0 radical (unpaired) electrons. The van der Waals surface area contributed by atoms with Crippen LogP contribution in [0, 0.1) is 0 Å². The number of carbonyl (C=O) groups excluding carboxylic acids is 2. The molecule has 2 rings (SSSR count). The summed E-state index contributed by atoms with van der Waals surface area (Å²) < 4.78 is 33.3. The smallest absolute Gasteiger partial charge is 0.306 e. The Hall–Kier alpha value is -1.50. The van der Waals surface area contributed by atoms with Crippen LogP contribution in [-0.2, 0) is 38.0 Å². The second-order valence-corrected chi connectivity index (χ2v) is 15.5. The van der Waals surface area contributed by atoms with Gasteiger partial charge in [-0.3, -0.25) is 9.59 Å². The van der Waals surface area contributed by atoms with Crippen LogP contribution < -0.4 is 0 Å². The van der Waals surface area contributed by atoms with Gasteiger partial charge in [0.25, 0.3) is 0 Å². The summed E-state index contributed by atoms with van der Waals surface area (Å²) in [5.41, 5.74) is 0. The molecule has 0 amide bonds. The van der Waals surface area contributed by atoms with Crippen molar-refractivity contribution >= 4 is 11.9 Å². The number of hydrogen-bond donors (Lipinski definition) is 7. The minimum atomic E-state index is -1.76. The van der Waals surface area contributed by atoms with E-state index in [0.717, 1.165) is 51.4 Å². The zero-order valence-corrected chi connectivity index (χ0v) is 34.1. The Morgan fingerprint density at radius 2 is 0.911 bits per heavy atom. The van der Waals surface area contributed by atoms with E-state index in [1.54, 1.807) is 0 Å². The third-order valence-electron chi connectivity index (χ3n) is 10.6. The van der Waals surface area contributed by atoms with Crippen LogP contribution in [0.3, 0.4) is 0 Å². The lowest BCUT2D eigenvalue weighted by molar-refractivity contribution is -0.332. The molecule has 0 saturated carbocycles. The Labute approximate surface area is 334 Å². The van der Waals surface area contributed by atoms with Crippen LogP contribution in [0.2, 0.25) is 0 Å². The van der Waals surface area contributed by atoms with Crippen molar-refractivity contribution in [1.29, 1.82) is 0 Å². The summed E-state index contributed by atoms with van der Waals surface area (Å²) in [5, 5.41) is 71.6. The molecular weight excluding hydrogens is 732 g/mol. The lowest BCUT2D eigenvalue weighted by atomic mass is 9.98. The van der Waals surface area contributed by atoms with E-state index < -0.39 is 92.7 Å². The monoisotopic (exact) mass is 809 g/mol. The maximum Gasteiger partial charge on any atom is 0.306 e. The van der Waals surface area contributed by atoms with Crippen molar-refractivity contribution in [2.24, 2.45) is 0 Å². The number of esters is 2. The quantitative estimate of drug-likeness (QED) is 0.0380. The average molecular weight is 809 g/mol. The molecule has 2 heterocycles. The minimum absolute atomic E-state index is 0.169. The van der Waals surface area contributed by atoms with Crippen LogP contribution in [0.15, 0.2) is 0 Å². The topological polar surface area (TPSA) is 231 Å². The van der Waals surface area contributed by atoms with Gasteiger partial charge in [-0.05, 0) is 12.8 Å². The second-order valence-electron chi connectivity index (χ2n) is 15.5. The molecule has 0 aromatic heterocycles. The Bertz CT molecular complexity index is 1000. The van der Waals surface area contributed by atoms with Crippen LogP contribution in [0.4, 0.5) is 0 Å². The second kappa shape index (κ2) is 30.5. The van der Waals surface area contributed by atoms with E-state index in [1.165, 1.54) is 64.2 Å². The van der Waals surface area contributed by atoms with Gasteiger partial charge >= 0.3 is 11.9 Å². The van der Waals surface area contributed by atoms with E-state index >= 15 is 0 Å². The van der Waals surface area contributed by atoms with Gasteiger partial charge in [-0.15, -0.1) is 0 Å². The molecule has 2 saturated heterocycles. The van der Waals surface area contributed by atoms with Crippen molar-refractivity contribution in [2.45, 2.75) is 223 Å². The molecule has 4 unspecified atom stereocenters. The fraction of sp³-hybridized carbons (Fsp3) is 0.951. The first kappa shape index (κ1) is 50.6. The first-order chi connectivity index (χ1) is 27.0. The molecule has 15 nitrogen and oxygen atoms in total. The van der Waals surface area contributed by atoms with E-state index in [-0.39, 0.29) is 26.1 Å². The van der Waals surface area contributed by atoms with E-state index in [9.17, 15) is 45.3 Å². The standard InChI is InChI=1S/C41H76O15/c1-3-5-7-9-11-12-13-14-15-16-18-19-21-23-32(43)51-26-29(54-33(44)24-22-20-17-10-8-6-4-2)27-52-40-39(50)37(48)35(46)31(56-40)28-53-41-38(49)36(47)34(45)30(25-42)55-41/h29-31,34-42,45-50H,3-28H2,1-2H3/t29-,30-,31-,34+,35+,36?,37?,38?,39?,40-,41-/m1/s1. The predicted octanol–water partition coefficient (Wildman–Crippen LogP) is 3.70. The third kappa shape index (κ3) is 20.0. The summed E-state index contributed by atoms with van der Waals surface area (Å²) in [5.74, 6) is -0.926. The molecule has 15 heteroatoms. The molecule has 2 aliphatic heterocycles. The van der Waals surface area contributed by atoms with Crippen LogP contribution in [0.1, 0.15) is 155 Å². The lowest BCUT2D eigenvalue weighted by Gasteiger charge is -2.42. The molecule has 11 atom stereocenters. The highest BCUT2D eigenvalue weighted by molar-refractivity contribution is 5.70. The van der Waals surface area contributed by atoms with Crippen LogP contribution >= 0.6 is 0 Å². The van der Waals surface area contributed by atoms with Gasteiger partial charge in [0.2, 0.25) is 0 Å². The van der Waals surface area contributed by atoms with Crippen molar-refractivity contribution < 1.29 is 73.8 Å². The number of ether oxygens (including phenoxy) is 6. The first-order valence-electron chi connectivity index (χ1n) is 21.6. The highest BCUT2D eigenvalue weighted by Crippen LogP contribution is 2.26. The summed E-state index contributed by atoms with van der Waals surface area (Å²) in [6.07, 6.45) is 6.11. The molecular formula is C41H76O15. The van der Waals surface area contributed by atoms with E-state index in [2.05, 4.69) is 13.8 Å². The Balaban J connectivity index is 1.85. The van der Waals surface area contributed by atoms with Gasteiger partial charge in [-0.2, -0.15) is 0 Å². The Morgan fingerprint density at radius 3 is 1.39 bits per heavy atom. The number of rotatable bonds is 32. The van der Waals surface area contributed by atoms with Crippen molar-refractivity contribution in [3.63, 3.8) is 0 Å². The largest absolute Gasteiger partial charge is 0.462 e. The third-order valence-corrected chi connectivity index (χ3v) is 10.6. The van der Waals surface area contributed by atoms with Gasteiger partial charge in [0, 0.05) is 12.8 Å². The maximum atomic E-state index is 12.8. The van der Waals surface area contributed by atoms with Gasteiger partial charge in [-0.25, -0.2) is 0 Å². The summed E-state index contributed by atoms with van der Waals surface area (Å²) in [7, 11) is 0. The molecule has 0 aromatic rings. The zero-order valence-electron chi connectivity index (χ0n) is 34.1. The molecule has 2 aliphatic rings. The molecule has 7 N–H and O–H groups in total. The number of hydrogen-bond acceptors (Lipinski definition) is 15. The molecule has 0 aromatic carbocycles. The lowest BCUT2D eigenvalue weighted by Crippen LogP contribution is -2.61. The fourth-order valence-electron chi connectivity index (χ4n) is 6.92. The number of aliphatic hydroxyl groups is 7. The molecule has 0 bridgehead atoms. The van der Waals surface area contributed by atoms with Crippen molar-refractivity contribution in [1.82, 2.24) is 0 Å². The Kier molecular flexibility index (Phi) is 27.6. The van der Waals surface area contributed by atoms with Crippen LogP contribution in [0.5, 0.6) is 0 Å². The van der Waals surface area contributed by atoms with Gasteiger partial charge in [0.15, 0.2) is 18.7 Å². The molecule has 0 spiro atoms. The zero-order chi connectivity index (χ0) is 41.1. The van der Waals surface area contributed by atoms with Crippen molar-refractivity contribution in [3.8, 4) is 0 Å². The van der Waals surface area contributed by atoms with Gasteiger partial charge < -0.3 is 64.2 Å². The van der Waals surface area contributed by atoms with E-state index in [1.807, 2.05) is 0 Å². The molecule has 2 fully saturated rings. The highest BCUT2D eigenvalue weighted by Gasteiger charge is 2.47. The normalized spacial score (nSPS) is 28.6. The fourth-order valence-corrected chi connectivity index (χ4v) is 6.92. The van der Waals surface area contributed by atoms with Crippen molar-refractivity contribution in [3.05, 3.63) is 0 Å². The predicted molar refractivity (Wildman–Crippen MR) is 206 cm³/mol. The van der Waals surface area contributed by atoms with Gasteiger partial charge in [0.1, 0.15) is 55.4 Å². The van der Waals surface area contributed by atoms with Crippen LogP contribution in [-0.4, -0.2) is 142 Å². The average Bonchev–Trinajstić information content (AvgIpc) is 3.19. The SMILES string of the molecule is CCCCCCCCCCCCCCCC(=O)OC[C@H](CO[C@@H]1O[C@H](CO[C@@H]2O[C@H](CO)[C@H](O)C(O)C2O)[C@H](O)C(O)C1O)OC(=O)CCCCCCCCC. The molecule has 56 heavy (non-hydrogen) atoms. The number of carbonyl (C=O) groups is 2. The van der Waals surface area contributed by atoms with Gasteiger partial charge in [-0.1, -0.05) is 129 Å². The Morgan fingerprint density at radius 1 is 0.500 bits per heavy atom. The highest BCUT2D eigenvalue weighted by atomic mass is 16.7. The van der Waals surface area contributed by atoms with E-state index in [0.29, 0.717) is 12.8 Å².